The highest BCUT2D eigenvalue weighted by molar-refractivity contribution is 6.32. The third-order valence-corrected chi connectivity index (χ3v) is 2.28. The molecule has 0 amide bonds. The molecule has 0 unspecified atom stereocenters. The highest BCUT2D eigenvalue weighted by Crippen LogP contribution is 2.37. The minimum atomic E-state index is -0.471. The van der Waals surface area contributed by atoms with Gasteiger partial charge in [-0.25, -0.2) is 4.79 Å². The molecule has 0 saturated carbocycles. The molecule has 94 valence electrons. The van der Waals surface area contributed by atoms with E-state index in [1.54, 1.807) is 0 Å². The monoisotopic (exact) mass is 258 g/mol. The smallest absolute Gasteiger partial charge is 0.338 e. The molecule has 0 aliphatic heterocycles. The van der Waals surface area contributed by atoms with Crippen LogP contribution in [0.15, 0.2) is 12.1 Å². The van der Waals surface area contributed by atoms with Crippen LogP contribution in [0.2, 0.25) is 5.02 Å². The summed E-state index contributed by atoms with van der Waals surface area (Å²) in [6, 6.07) is 3.03. The van der Waals surface area contributed by atoms with E-state index in [1.807, 2.05) is 13.8 Å². The number of hydrogen-bond donors (Lipinski definition) is 0. The minimum Gasteiger partial charge on any atom is -0.493 e. The Kier molecular flexibility index (Phi) is 4.63. The first-order valence-corrected chi connectivity index (χ1v) is 5.50. The Hall–Kier alpha value is -1.42. The minimum absolute atomic E-state index is 0.0367. The van der Waals surface area contributed by atoms with Gasteiger partial charge in [-0.15, -0.1) is 0 Å². The van der Waals surface area contributed by atoms with Crippen LogP contribution in [-0.2, 0) is 4.74 Å². The lowest BCUT2D eigenvalue weighted by atomic mass is 10.2. The number of ether oxygens (including phenoxy) is 3. The number of benzene rings is 1. The summed E-state index contributed by atoms with van der Waals surface area (Å²) in [5.74, 6) is 0.365. The molecule has 17 heavy (non-hydrogen) atoms. The zero-order chi connectivity index (χ0) is 13.0. The summed E-state index contributed by atoms with van der Waals surface area (Å²) >= 11 is 6.05. The van der Waals surface area contributed by atoms with E-state index < -0.39 is 5.97 Å². The zero-order valence-electron chi connectivity index (χ0n) is 10.2. The lowest BCUT2D eigenvalue weighted by Gasteiger charge is -2.15. The van der Waals surface area contributed by atoms with Crippen molar-refractivity contribution in [3.63, 3.8) is 0 Å². The van der Waals surface area contributed by atoms with E-state index in [-0.39, 0.29) is 6.10 Å². The van der Waals surface area contributed by atoms with Crippen LogP contribution in [0.5, 0.6) is 11.5 Å². The average Bonchev–Trinajstić information content (AvgIpc) is 2.29. The number of carbonyl (C=O) groups excluding carboxylic acids is 1. The Bertz CT molecular complexity index is 415. The van der Waals surface area contributed by atoms with Gasteiger partial charge in [-0.2, -0.15) is 0 Å². The van der Waals surface area contributed by atoms with E-state index in [2.05, 4.69) is 4.74 Å². The maximum absolute atomic E-state index is 11.4. The highest BCUT2D eigenvalue weighted by atomic mass is 35.5. The second kappa shape index (κ2) is 5.77. The van der Waals surface area contributed by atoms with Crippen LogP contribution in [-0.4, -0.2) is 26.3 Å². The van der Waals surface area contributed by atoms with Gasteiger partial charge in [-0.1, -0.05) is 11.6 Å². The fraction of sp³-hybridized carbons (Fsp3) is 0.417. The highest BCUT2D eigenvalue weighted by Gasteiger charge is 2.16. The van der Waals surface area contributed by atoms with Gasteiger partial charge < -0.3 is 14.2 Å². The van der Waals surface area contributed by atoms with Crippen LogP contribution < -0.4 is 9.47 Å². The van der Waals surface area contributed by atoms with E-state index in [0.29, 0.717) is 22.1 Å². The van der Waals surface area contributed by atoms with Crippen LogP contribution in [0.1, 0.15) is 24.2 Å². The first kappa shape index (κ1) is 13.6. The van der Waals surface area contributed by atoms with Crippen LogP contribution in [0.4, 0.5) is 0 Å². The topological polar surface area (TPSA) is 44.8 Å². The summed E-state index contributed by atoms with van der Waals surface area (Å²) < 4.78 is 15.3. The van der Waals surface area contributed by atoms with Crippen molar-refractivity contribution >= 4 is 17.6 Å². The number of hydrogen-bond acceptors (Lipinski definition) is 4. The van der Waals surface area contributed by atoms with Gasteiger partial charge in [0, 0.05) is 0 Å². The quantitative estimate of drug-likeness (QED) is 0.779. The SMILES string of the molecule is COC(=O)c1cc(Cl)c(OC(C)C)c(OC)c1. The first-order valence-electron chi connectivity index (χ1n) is 5.12. The molecule has 1 aromatic rings. The number of carbonyl (C=O) groups is 1. The third kappa shape index (κ3) is 3.27. The van der Waals surface area contributed by atoms with E-state index in [1.165, 1.54) is 26.4 Å². The molecule has 0 aromatic heterocycles. The normalized spacial score (nSPS) is 10.2. The van der Waals surface area contributed by atoms with Gasteiger partial charge >= 0.3 is 5.97 Å². The van der Waals surface area contributed by atoms with Crippen molar-refractivity contribution in [3.8, 4) is 11.5 Å². The largest absolute Gasteiger partial charge is 0.493 e. The van der Waals surface area contributed by atoms with Crippen LogP contribution in [0, 0.1) is 0 Å². The second-order valence-electron chi connectivity index (χ2n) is 3.65. The van der Waals surface area contributed by atoms with Crippen LogP contribution >= 0.6 is 11.6 Å². The Morgan fingerprint density at radius 3 is 2.41 bits per heavy atom. The van der Waals surface area contributed by atoms with E-state index in [0.717, 1.165) is 0 Å². The summed E-state index contributed by atoms with van der Waals surface area (Å²) in [4.78, 5) is 11.4. The number of methoxy groups -OCH3 is 2. The molecular weight excluding hydrogens is 244 g/mol. The molecule has 0 aliphatic carbocycles. The maximum Gasteiger partial charge on any atom is 0.338 e. The van der Waals surface area contributed by atoms with Crippen molar-refractivity contribution in [2.24, 2.45) is 0 Å². The summed E-state index contributed by atoms with van der Waals surface area (Å²) in [5, 5.41) is 0.318. The predicted octanol–water partition coefficient (Wildman–Crippen LogP) is 2.92. The molecule has 4 nitrogen and oxygen atoms in total. The van der Waals surface area contributed by atoms with Crippen molar-refractivity contribution in [3.05, 3.63) is 22.7 Å². The van der Waals surface area contributed by atoms with Crippen molar-refractivity contribution in [1.82, 2.24) is 0 Å². The summed E-state index contributed by atoms with van der Waals surface area (Å²) in [6.07, 6.45) is -0.0367. The number of rotatable bonds is 4. The van der Waals surface area contributed by atoms with E-state index in [9.17, 15) is 4.79 Å². The second-order valence-corrected chi connectivity index (χ2v) is 4.05. The van der Waals surface area contributed by atoms with Gasteiger partial charge in [0.2, 0.25) is 0 Å². The molecule has 1 rings (SSSR count). The lowest BCUT2D eigenvalue weighted by Crippen LogP contribution is -2.08. The van der Waals surface area contributed by atoms with Gasteiger partial charge in [0.1, 0.15) is 0 Å². The fourth-order valence-corrected chi connectivity index (χ4v) is 1.56. The standard InChI is InChI=1S/C12H15ClO4/c1-7(2)17-11-9(13)5-8(12(14)16-4)6-10(11)15-3/h5-7H,1-4H3. The number of halogens is 1. The van der Waals surface area contributed by atoms with E-state index in [4.69, 9.17) is 21.1 Å². The Balaban J connectivity index is 3.20. The van der Waals surface area contributed by atoms with Gasteiger partial charge in [0.05, 0.1) is 30.9 Å². The Morgan fingerprint density at radius 1 is 1.29 bits per heavy atom. The van der Waals surface area contributed by atoms with Gasteiger partial charge in [0.15, 0.2) is 11.5 Å². The molecule has 0 atom stereocenters. The predicted molar refractivity (Wildman–Crippen MR) is 65.1 cm³/mol. The third-order valence-electron chi connectivity index (χ3n) is 2.00. The molecule has 0 aliphatic rings. The molecule has 5 heteroatoms. The van der Waals surface area contributed by atoms with Crippen molar-refractivity contribution in [2.75, 3.05) is 14.2 Å². The van der Waals surface area contributed by atoms with Crippen molar-refractivity contribution < 1.29 is 19.0 Å². The Morgan fingerprint density at radius 2 is 1.94 bits per heavy atom. The maximum atomic E-state index is 11.4. The summed E-state index contributed by atoms with van der Waals surface area (Å²) in [5.41, 5.74) is 0.324. The van der Waals surface area contributed by atoms with Crippen LogP contribution in [0.25, 0.3) is 0 Å². The molecule has 0 heterocycles. The summed E-state index contributed by atoms with van der Waals surface area (Å²) in [6.45, 7) is 3.76. The average molecular weight is 259 g/mol. The molecule has 0 bridgehead atoms. The molecule has 0 saturated heterocycles. The lowest BCUT2D eigenvalue weighted by molar-refractivity contribution is 0.0600. The van der Waals surface area contributed by atoms with Gasteiger partial charge in [-0.3, -0.25) is 0 Å². The van der Waals surface area contributed by atoms with Crippen molar-refractivity contribution in [2.45, 2.75) is 20.0 Å². The molecule has 1 aromatic carbocycles. The molecule has 0 spiro atoms. The number of esters is 1. The van der Waals surface area contributed by atoms with Gasteiger partial charge in [0.25, 0.3) is 0 Å². The molecule has 0 radical (unpaired) electrons. The Labute approximate surface area is 105 Å². The van der Waals surface area contributed by atoms with Crippen LogP contribution in [0.3, 0.4) is 0 Å². The van der Waals surface area contributed by atoms with E-state index >= 15 is 0 Å². The summed E-state index contributed by atoms with van der Waals surface area (Å²) in [7, 11) is 2.79. The zero-order valence-corrected chi connectivity index (χ0v) is 11.0. The first-order chi connectivity index (χ1) is 7.99. The van der Waals surface area contributed by atoms with Gasteiger partial charge in [-0.05, 0) is 26.0 Å². The fourth-order valence-electron chi connectivity index (χ4n) is 1.31. The molecule has 0 fully saturated rings. The molecule has 0 N–H and O–H groups in total. The molecular formula is C12H15ClO4. The van der Waals surface area contributed by atoms with Crippen molar-refractivity contribution in [1.29, 1.82) is 0 Å².